The average Bonchev–Trinajstić information content (AvgIpc) is 3.42. The number of nitrogens with zero attached hydrogens (tertiary/aromatic N) is 2. The van der Waals surface area contributed by atoms with E-state index in [1.165, 1.54) is 12.4 Å². The molecule has 1 fully saturated rings. The van der Waals surface area contributed by atoms with E-state index >= 15 is 0 Å². The zero-order valence-electron chi connectivity index (χ0n) is 15.5. The largest absolute Gasteiger partial charge is 0.484 e. The van der Waals surface area contributed by atoms with Gasteiger partial charge in [0.2, 0.25) is 5.91 Å². The van der Waals surface area contributed by atoms with Crippen molar-refractivity contribution in [3.05, 3.63) is 67.0 Å². The lowest BCUT2D eigenvalue weighted by atomic mass is 10.2. The number of halogens is 1. The molecule has 1 saturated carbocycles. The van der Waals surface area contributed by atoms with Crippen molar-refractivity contribution in [2.24, 2.45) is 5.92 Å². The van der Waals surface area contributed by atoms with Gasteiger partial charge >= 0.3 is 0 Å². The summed E-state index contributed by atoms with van der Waals surface area (Å²) in [6.07, 6.45) is 6.52. The van der Waals surface area contributed by atoms with Crippen LogP contribution in [0, 0.1) is 11.7 Å². The molecule has 0 radical (unpaired) electrons. The van der Waals surface area contributed by atoms with E-state index in [1.807, 2.05) is 0 Å². The van der Waals surface area contributed by atoms with Crippen molar-refractivity contribution < 1.29 is 18.7 Å². The smallest absolute Gasteiger partial charge is 0.262 e. The summed E-state index contributed by atoms with van der Waals surface area (Å²) in [5, 5.41) is 5.42. The van der Waals surface area contributed by atoms with E-state index in [1.54, 1.807) is 53.4 Å². The van der Waals surface area contributed by atoms with Crippen LogP contribution in [-0.2, 0) is 9.59 Å². The lowest BCUT2D eigenvalue weighted by Crippen LogP contribution is -2.20. The average molecular weight is 394 g/mol. The first-order chi connectivity index (χ1) is 14.1. The van der Waals surface area contributed by atoms with Gasteiger partial charge in [-0.25, -0.2) is 9.37 Å². The van der Waals surface area contributed by atoms with E-state index in [4.69, 9.17) is 4.74 Å². The molecule has 2 aromatic carbocycles. The molecule has 2 amide bonds. The summed E-state index contributed by atoms with van der Waals surface area (Å²) < 4.78 is 21.3. The molecule has 1 aliphatic rings. The first-order valence-electron chi connectivity index (χ1n) is 9.20. The normalized spacial score (nSPS) is 13.0. The summed E-state index contributed by atoms with van der Waals surface area (Å²) in [6, 6.07) is 11.2. The maximum Gasteiger partial charge on any atom is 0.262 e. The molecule has 1 aliphatic carbocycles. The molecular formula is C21H19FN4O3. The monoisotopic (exact) mass is 394 g/mol. The minimum atomic E-state index is -0.485. The van der Waals surface area contributed by atoms with Crippen LogP contribution in [0.2, 0.25) is 0 Å². The Kier molecular flexibility index (Phi) is 5.24. The number of benzene rings is 2. The molecule has 0 bridgehead atoms. The van der Waals surface area contributed by atoms with Crippen molar-refractivity contribution in [1.82, 2.24) is 9.55 Å². The van der Waals surface area contributed by atoms with Crippen LogP contribution in [0.1, 0.15) is 12.8 Å². The third-order valence-corrected chi connectivity index (χ3v) is 4.43. The number of imidazole rings is 1. The van der Waals surface area contributed by atoms with E-state index in [-0.39, 0.29) is 18.4 Å². The van der Waals surface area contributed by atoms with Crippen LogP contribution in [-0.4, -0.2) is 28.0 Å². The van der Waals surface area contributed by atoms with Crippen LogP contribution in [0.15, 0.2) is 61.2 Å². The Labute approximate surface area is 166 Å². The van der Waals surface area contributed by atoms with Gasteiger partial charge in [-0.2, -0.15) is 0 Å². The van der Waals surface area contributed by atoms with Crippen molar-refractivity contribution in [3.63, 3.8) is 0 Å². The highest BCUT2D eigenvalue weighted by atomic mass is 19.1. The van der Waals surface area contributed by atoms with Crippen molar-refractivity contribution in [3.8, 4) is 11.4 Å². The van der Waals surface area contributed by atoms with Gasteiger partial charge in [0.05, 0.1) is 12.0 Å². The molecule has 0 unspecified atom stereocenters. The van der Waals surface area contributed by atoms with Gasteiger partial charge < -0.3 is 19.9 Å². The summed E-state index contributed by atoms with van der Waals surface area (Å²) in [4.78, 5) is 27.8. The minimum absolute atomic E-state index is 0.000981. The fourth-order valence-electron chi connectivity index (χ4n) is 2.80. The summed E-state index contributed by atoms with van der Waals surface area (Å²) in [5.41, 5.74) is 1.28. The first-order valence-corrected chi connectivity index (χ1v) is 9.20. The highest BCUT2D eigenvalue weighted by molar-refractivity contribution is 5.94. The molecule has 7 nitrogen and oxygen atoms in total. The quantitative estimate of drug-likeness (QED) is 0.643. The molecule has 0 spiro atoms. The van der Waals surface area contributed by atoms with Crippen LogP contribution in [0.5, 0.6) is 5.75 Å². The van der Waals surface area contributed by atoms with Gasteiger partial charge in [0.1, 0.15) is 11.6 Å². The molecular weight excluding hydrogens is 375 g/mol. The fraction of sp³-hybridized carbons (Fsp3) is 0.190. The fourth-order valence-corrected chi connectivity index (χ4v) is 2.80. The summed E-state index contributed by atoms with van der Waals surface area (Å²) >= 11 is 0. The second-order valence-corrected chi connectivity index (χ2v) is 6.76. The predicted octanol–water partition coefficient (Wildman–Crippen LogP) is 3.38. The Hall–Kier alpha value is -3.68. The molecule has 0 atom stereocenters. The first kappa shape index (κ1) is 18.7. The van der Waals surface area contributed by atoms with E-state index in [2.05, 4.69) is 15.6 Å². The topological polar surface area (TPSA) is 85.2 Å². The number of anilines is 2. The van der Waals surface area contributed by atoms with E-state index in [9.17, 15) is 14.0 Å². The third-order valence-electron chi connectivity index (χ3n) is 4.43. The van der Waals surface area contributed by atoms with Gasteiger partial charge in [-0.15, -0.1) is 0 Å². The molecule has 2 N–H and O–H groups in total. The number of rotatable bonds is 7. The highest BCUT2D eigenvalue weighted by Gasteiger charge is 2.29. The Morgan fingerprint density at radius 1 is 1.14 bits per heavy atom. The van der Waals surface area contributed by atoms with Gasteiger partial charge in [-0.3, -0.25) is 9.59 Å². The summed E-state index contributed by atoms with van der Waals surface area (Å²) in [6.45, 7) is -0.245. The lowest BCUT2D eigenvalue weighted by molar-refractivity contribution is -0.118. The molecule has 29 heavy (non-hydrogen) atoms. The van der Waals surface area contributed by atoms with Crippen molar-refractivity contribution in [1.29, 1.82) is 0 Å². The van der Waals surface area contributed by atoms with E-state index < -0.39 is 11.7 Å². The number of ether oxygens (including phenoxy) is 1. The molecule has 148 valence electrons. The zero-order chi connectivity index (χ0) is 20.2. The van der Waals surface area contributed by atoms with E-state index in [0.29, 0.717) is 22.8 Å². The lowest BCUT2D eigenvalue weighted by Gasteiger charge is -2.10. The molecule has 1 heterocycles. The summed E-state index contributed by atoms with van der Waals surface area (Å²) in [5.74, 6) is -0.352. The third kappa shape index (κ3) is 4.78. The van der Waals surface area contributed by atoms with Crippen LogP contribution < -0.4 is 15.4 Å². The van der Waals surface area contributed by atoms with Gasteiger partial charge in [0, 0.05) is 35.8 Å². The predicted molar refractivity (Wildman–Crippen MR) is 105 cm³/mol. The number of amides is 2. The van der Waals surface area contributed by atoms with Gasteiger partial charge in [0.25, 0.3) is 5.91 Å². The SMILES string of the molecule is O=C(COc1cccc(NC(=O)C2CC2)c1)Nc1ccc(-n2ccnc2)c(F)c1. The number of carbonyl (C=O) groups is 2. The van der Waals surface area contributed by atoms with Crippen LogP contribution in [0.3, 0.4) is 0 Å². The number of aromatic nitrogens is 2. The Balaban J connectivity index is 1.32. The van der Waals surface area contributed by atoms with Crippen molar-refractivity contribution >= 4 is 23.2 Å². The molecule has 8 heteroatoms. The second kappa shape index (κ2) is 8.14. The number of carbonyl (C=O) groups excluding carboxylic acids is 2. The number of hydrogen-bond donors (Lipinski definition) is 2. The summed E-state index contributed by atoms with van der Waals surface area (Å²) in [7, 11) is 0. The second-order valence-electron chi connectivity index (χ2n) is 6.76. The Bertz CT molecular complexity index is 1030. The van der Waals surface area contributed by atoms with Crippen LogP contribution in [0.25, 0.3) is 5.69 Å². The van der Waals surface area contributed by atoms with Crippen molar-refractivity contribution in [2.75, 3.05) is 17.2 Å². The molecule has 0 saturated heterocycles. The minimum Gasteiger partial charge on any atom is -0.484 e. The highest BCUT2D eigenvalue weighted by Crippen LogP contribution is 2.30. The molecule has 0 aliphatic heterocycles. The van der Waals surface area contributed by atoms with Crippen molar-refractivity contribution in [2.45, 2.75) is 12.8 Å². The van der Waals surface area contributed by atoms with E-state index in [0.717, 1.165) is 12.8 Å². The van der Waals surface area contributed by atoms with Crippen LogP contribution >= 0.6 is 0 Å². The molecule has 3 aromatic rings. The number of hydrogen-bond acceptors (Lipinski definition) is 4. The van der Waals surface area contributed by atoms with Gasteiger partial charge in [0.15, 0.2) is 6.61 Å². The Morgan fingerprint density at radius 3 is 2.69 bits per heavy atom. The van der Waals surface area contributed by atoms with Crippen LogP contribution in [0.4, 0.5) is 15.8 Å². The maximum absolute atomic E-state index is 14.3. The zero-order valence-corrected chi connectivity index (χ0v) is 15.5. The Morgan fingerprint density at radius 2 is 1.97 bits per heavy atom. The van der Waals surface area contributed by atoms with Gasteiger partial charge in [-0.1, -0.05) is 6.07 Å². The van der Waals surface area contributed by atoms with Gasteiger partial charge in [-0.05, 0) is 43.2 Å². The molecule has 1 aromatic heterocycles. The maximum atomic E-state index is 14.3. The standard InChI is InChI=1S/C21H19FN4O3/c22-18-11-16(6-7-19(18)26-9-8-23-13-26)24-20(27)12-29-17-3-1-2-15(10-17)25-21(28)14-4-5-14/h1-3,6-11,13-14H,4-5,12H2,(H,24,27)(H,25,28). The molecule has 4 rings (SSSR count). The number of nitrogens with one attached hydrogen (secondary N) is 2.